The molecule has 0 saturated heterocycles. The molecule has 4 heteroatoms. The number of rotatable bonds is 2. The average molecular weight is 226 g/mol. The molecule has 84 valence electrons. The van der Waals surface area contributed by atoms with Crippen LogP contribution < -0.4 is 0 Å². The van der Waals surface area contributed by atoms with Gasteiger partial charge in [0.2, 0.25) is 5.89 Å². The molecular weight excluding hydrogens is 216 g/mol. The van der Waals surface area contributed by atoms with Crippen LogP contribution in [0.2, 0.25) is 0 Å². The lowest BCUT2D eigenvalue weighted by Gasteiger charge is -1.92. The monoisotopic (exact) mass is 226 g/mol. The van der Waals surface area contributed by atoms with Crippen molar-refractivity contribution in [2.75, 3.05) is 0 Å². The summed E-state index contributed by atoms with van der Waals surface area (Å²) in [6, 6.07) is 11.5. The normalized spacial score (nSPS) is 10.6. The molecule has 0 fully saturated rings. The molecule has 0 aliphatic carbocycles. The van der Waals surface area contributed by atoms with Gasteiger partial charge in [0.1, 0.15) is 5.76 Å². The van der Waals surface area contributed by atoms with Crippen molar-refractivity contribution in [2.45, 2.75) is 6.92 Å². The van der Waals surface area contributed by atoms with Gasteiger partial charge in [-0.3, -0.25) is 0 Å². The van der Waals surface area contributed by atoms with Gasteiger partial charge in [-0.15, -0.1) is 10.2 Å². The maximum Gasteiger partial charge on any atom is 0.251 e. The SMILES string of the molecule is Cc1occc1-c1nnc(-c2ccccc2)o1. The Labute approximate surface area is 97.9 Å². The van der Waals surface area contributed by atoms with Crippen LogP contribution in [0.5, 0.6) is 0 Å². The number of aromatic nitrogens is 2. The van der Waals surface area contributed by atoms with Crippen LogP contribution in [0.4, 0.5) is 0 Å². The Morgan fingerprint density at radius 1 is 0.941 bits per heavy atom. The van der Waals surface area contributed by atoms with E-state index in [2.05, 4.69) is 10.2 Å². The molecule has 2 aromatic heterocycles. The summed E-state index contributed by atoms with van der Waals surface area (Å²) in [4.78, 5) is 0. The van der Waals surface area contributed by atoms with Gasteiger partial charge in [0.15, 0.2) is 0 Å². The summed E-state index contributed by atoms with van der Waals surface area (Å²) in [7, 11) is 0. The molecule has 3 aromatic rings. The number of hydrogen-bond donors (Lipinski definition) is 0. The second kappa shape index (κ2) is 3.90. The summed E-state index contributed by atoms with van der Waals surface area (Å²) in [5.41, 5.74) is 1.74. The van der Waals surface area contributed by atoms with Crippen molar-refractivity contribution in [1.82, 2.24) is 10.2 Å². The highest BCUT2D eigenvalue weighted by Gasteiger charge is 2.13. The minimum atomic E-state index is 0.482. The van der Waals surface area contributed by atoms with E-state index in [4.69, 9.17) is 8.83 Å². The van der Waals surface area contributed by atoms with Crippen LogP contribution in [-0.2, 0) is 0 Å². The number of nitrogens with zero attached hydrogens (tertiary/aromatic N) is 2. The van der Waals surface area contributed by atoms with E-state index >= 15 is 0 Å². The molecule has 0 atom stereocenters. The maximum atomic E-state index is 5.61. The second-order valence-corrected chi connectivity index (χ2v) is 3.67. The molecule has 0 aliphatic rings. The Bertz CT molecular complexity index is 626. The van der Waals surface area contributed by atoms with Gasteiger partial charge in [0, 0.05) is 5.56 Å². The molecule has 0 spiro atoms. The summed E-state index contributed by atoms with van der Waals surface area (Å²) in [6.07, 6.45) is 1.61. The van der Waals surface area contributed by atoms with Crippen molar-refractivity contribution >= 4 is 0 Å². The molecule has 0 radical (unpaired) electrons. The van der Waals surface area contributed by atoms with Gasteiger partial charge in [0.25, 0.3) is 5.89 Å². The van der Waals surface area contributed by atoms with Gasteiger partial charge >= 0.3 is 0 Å². The van der Waals surface area contributed by atoms with Crippen molar-refractivity contribution in [3.63, 3.8) is 0 Å². The lowest BCUT2D eigenvalue weighted by Crippen LogP contribution is -1.76. The van der Waals surface area contributed by atoms with Crippen LogP contribution in [-0.4, -0.2) is 10.2 Å². The van der Waals surface area contributed by atoms with E-state index in [0.29, 0.717) is 11.8 Å². The molecular formula is C13H10N2O2. The van der Waals surface area contributed by atoms with Gasteiger partial charge in [0.05, 0.1) is 11.8 Å². The Morgan fingerprint density at radius 2 is 1.71 bits per heavy atom. The summed E-state index contributed by atoms with van der Waals surface area (Å²) in [5.74, 6) is 1.77. The highest BCUT2D eigenvalue weighted by molar-refractivity contribution is 5.58. The third-order valence-electron chi connectivity index (χ3n) is 2.53. The fraction of sp³-hybridized carbons (Fsp3) is 0.0769. The largest absolute Gasteiger partial charge is 0.469 e. The van der Waals surface area contributed by atoms with Crippen LogP contribution in [0.15, 0.2) is 51.5 Å². The molecule has 3 rings (SSSR count). The zero-order chi connectivity index (χ0) is 11.7. The third kappa shape index (κ3) is 1.73. The van der Waals surface area contributed by atoms with Gasteiger partial charge in [-0.2, -0.15) is 0 Å². The van der Waals surface area contributed by atoms with Crippen molar-refractivity contribution in [2.24, 2.45) is 0 Å². The summed E-state index contributed by atoms with van der Waals surface area (Å²) in [6.45, 7) is 1.86. The van der Waals surface area contributed by atoms with Crippen molar-refractivity contribution < 1.29 is 8.83 Å². The van der Waals surface area contributed by atoms with Crippen LogP contribution >= 0.6 is 0 Å². The first kappa shape index (κ1) is 9.84. The maximum absolute atomic E-state index is 5.61. The first-order valence-corrected chi connectivity index (χ1v) is 5.28. The Kier molecular flexibility index (Phi) is 2.26. The van der Waals surface area contributed by atoms with Crippen molar-refractivity contribution in [3.8, 4) is 22.9 Å². The quantitative estimate of drug-likeness (QED) is 0.672. The Balaban J connectivity index is 2.02. The molecule has 0 unspecified atom stereocenters. The van der Waals surface area contributed by atoms with Gasteiger partial charge in [-0.25, -0.2) is 0 Å². The van der Waals surface area contributed by atoms with Crippen molar-refractivity contribution in [3.05, 3.63) is 48.4 Å². The molecule has 0 saturated carbocycles. The molecule has 0 aliphatic heterocycles. The van der Waals surface area contributed by atoms with E-state index in [9.17, 15) is 0 Å². The van der Waals surface area contributed by atoms with E-state index in [0.717, 1.165) is 16.9 Å². The predicted molar refractivity (Wildman–Crippen MR) is 62.2 cm³/mol. The highest BCUT2D eigenvalue weighted by Crippen LogP contribution is 2.26. The standard InChI is InChI=1S/C13H10N2O2/c1-9-11(7-8-16-9)13-15-14-12(17-13)10-5-3-2-4-6-10/h2-8H,1H3. The van der Waals surface area contributed by atoms with Gasteiger partial charge in [-0.05, 0) is 25.1 Å². The fourth-order valence-electron chi connectivity index (χ4n) is 1.64. The molecule has 0 N–H and O–H groups in total. The minimum absolute atomic E-state index is 0.482. The molecule has 0 amide bonds. The minimum Gasteiger partial charge on any atom is -0.469 e. The van der Waals surface area contributed by atoms with E-state index in [1.165, 1.54) is 0 Å². The highest BCUT2D eigenvalue weighted by atomic mass is 16.4. The Morgan fingerprint density at radius 3 is 2.41 bits per heavy atom. The molecule has 17 heavy (non-hydrogen) atoms. The zero-order valence-electron chi connectivity index (χ0n) is 9.25. The van der Waals surface area contributed by atoms with Crippen molar-refractivity contribution in [1.29, 1.82) is 0 Å². The molecule has 0 bridgehead atoms. The Hall–Kier alpha value is -2.36. The first-order valence-electron chi connectivity index (χ1n) is 5.28. The second-order valence-electron chi connectivity index (χ2n) is 3.67. The number of furan rings is 1. The van der Waals surface area contributed by atoms with Gasteiger partial charge < -0.3 is 8.83 Å². The molecule has 2 heterocycles. The average Bonchev–Trinajstić information content (AvgIpc) is 2.98. The predicted octanol–water partition coefficient (Wildman–Crippen LogP) is 3.31. The topological polar surface area (TPSA) is 52.1 Å². The van der Waals surface area contributed by atoms with E-state index < -0.39 is 0 Å². The van der Waals surface area contributed by atoms with E-state index in [1.54, 1.807) is 6.26 Å². The van der Waals surface area contributed by atoms with Crippen LogP contribution in [0.25, 0.3) is 22.9 Å². The summed E-state index contributed by atoms with van der Waals surface area (Å²) < 4.78 is 10.8. The smallest absolute Gasteiger partial charge is 0.251 e. The van der Waals surface area contributed by atoms with Crippen LogP contribution in [0.1, 0.15) is 5.76 Å². The van der Waals surface area contributed by atoms with E-state index in [-0.39, 0.29) is 0 Å². The number of hydrogen-bond acceptors (Lipinski definition) is 4. The summed E-state index contributed by atoms with van der Waals surface area (Å²) >= 11 is 0. The molecule has 4 nitrogen and oxygen atoms in total. The fourth-order valence-corrected chi connectivity index (χ4v) is 1.64. The first-order chi connectivity index (χ1) is 8.34. The van der Waals surface area contributed by atoms with Crippen LogP contribution in [0.3, 0.4) is 0 Å². The number of aryl methyl sites for hydroxylation is 1. The lowest BCUT2D eigenvalue weighted by atomic mass is 10.2. The third-order valence-corrected chi connectivity index (χ3v) is 2.53. The van der Waals surface area contributed by atoms with Crippen LogP contribution in [0, 0.1) is 6.92 Å². The molecule has 1 aromatic carbocycles. The lowest BCUT2D eigenvalue weighted by molar-refractivity contribution is 0.530. The summed E-state index contributed by atoms with van der Waals surface area (Å²) in [5, 5.41) is 8.04. The van der Waals surface area contributed by atoms with Gasteiger partial charge in [-0.1, -0.05) is 18.2 Å². The number of benzene rings is 1. The zero-order valence-corrected chi connectivity index (χ0v) is 9.25. The van der Waals surface area contributed by atoms with E-state index in [1.807, 2.05) is 43.3 Å².